The molecule has 0 fully saturated rings. The highest BCUT2D eigenvalue weighted by molar-refractivity contribution is 4.85. The van der Waals surface area contributed by atoms with Crippen LogP contribution in [0.2, 0.25) is 0 Å². The van der Waals surface area contributed by atoms with Gasteiger partial charge in [0.05, 0.1) is 0 Å². The van der Waals surface area contributed by atoms with E-state index < -0.39 is 25.2 Å². The topological polar surface area (TPSA) is 0 Å². The molecule has 0 rings (SSSR count). The molecule has 6 heteroatoms. The number of halogens is 6. The molecule has 0 bridgehead atoms. The zero-order chi connectivity index (χ0) is 8.36. The van der Waals surface area contributed by atoms with Gasteiger partial charge in [-0.25, -0.2) is 17.6 Å². The fraction of sp³-hybridized carbons (Fsp3) is 0.750. The van der Waals surface area contributed by atoms with Gasteiger partial charge in [-0.15, -0.1) is 0 Å². The lowest BCUT2D eigenvalue weighted by atomic mass is 10.2. The molecular weight excluding hydrogens is 162 g/mol. The molecular formula is C4H3F6. The monoisotopic (exact) mass is 165 g/mol. The van der Waals surface area contributed by atoms with Crippen molar-refractivity contribution in [3.8, 4) is 0 Å². The summed E-state index contributed by atoms with van der Waals surface area (Å²) in [5, 5.41) is 0. The van der Waals surface area contributed by atoms with Gasteiger partial charge in [-0.05, 0) is 0 Å². The Morgan fingerprint density at radius 3 is 1.60 bits per heavy atom. The normalized spacial score (nSPS) is 15.9. The van der Waals surface area contributed by atoms with Crippen molar-refractivity contribution < 1.29 is 26.3 Å². The molecule has 0 heterocycles. The minimum absolute atomic E-state index is 1.39. The number of rotatable bonds is 3. The molecule has 0 aliphatic heterocycles. The first-order valence-corrected chi connectivity index (χ1v) is 2.16. The molecule has 0 N–H and O–H groups in total. The predicted molar refractivity (Wildman–Crippen MR) is 21.3 cm³/mol. The Hall–Kier alpha value is -0.420. The summed E-state index contributed by atoms with van der Waals surface area (Å²) in [5.41, 5.74) is 0. The van der Waals surface area contributed by atoms with Gasteiger partial charge < -0.3 is 0 Å². The maximum Gasteiger partial charge on any atom is 0.317 e. The number of hydrogen-bond donors (Lipinski definition) is 0. The number of hydrogen-bond acceptors (Lipinski definition) is 0. The maximum atomic E-state index is 11.5. The summed E-state index contributed by atoms with van der Waals surface area (Å²) in [6.07, 6.45) is -7.64. The van der Waals surface area contributed by atoms with Crippen LogP contribution in [0.25, 0.3) is 0 Å². The van der Waals surface area contributed by atoms with Crippen LogP contribution < -0.4 is 0 Å². The SMILES string of the molecule is F[CH]C(F)(F)C(F)C(F)F. The van der Waals surface area contributed by atoms with Crippen LogP contribution in [0.1, 0.15) is 0 Å². The van der Waals surface area contributed by atoms with Gasteiger partial charge in [-0.2, -0.15) is 8.78 Å². The van der Waals surface area contributed by atoms with E-state index in [1.807, 2.05) is 0 Å². The Bertz CT molecular complexity index is 99.9. The average Bonchev–Trinajstić information content (AvgIpc) is 1.86. The third-order valence-electron chi connectivity index (χ3n) is 0.734. The van der Waals surface area contributed by atoms with Crippen LogP contribution in [0.4, 0.5) is 26.3 Å². The minimum Gasteiger partial charge on any atom is -0.237 e. The maximum absolute atomic E-state index is 11.5. The zero-order valence-electron chi connectivity index (χ0n) is 4.50. The van der Waals surface area contributed by atoms with Crippen molar-refractivity contribution in [2.75, 3.05) is 0 Å². The lowest BCUT2D eigenvalue weighted by Gasteiger charge is -2.14. The summed E-state index contributed by atoms with van der Waals surface area (Å²) >= 11 is 0. The van der Waals surface area contributed by atoms with Gasteiger partial charge in [0.1, 0.15) is 0 Å². The van der Waals surface area contributed by atoms with E-state index in [0.717, 1.165) is 0 Å². The van der Waals surface area contributed by atoms with Crippen LogP contribution >= 0.6 is 0 Å². The van der Waals surface area contributed by atoms with E-state index in [-0.39, 0.29) is 0 Å². The molecule has 0 aromatic heterocycles. The standard InChI is InChI=1S/C4H3F6/c5-1-4(9,10)2(6)3(7)8/h1-3H. The molecule has 0 aromatic carbocycles. The Labute approximate surface area is 52.8 Å². The molecule has 0 saturated heterocycles. The lowest BCUT2D eigenvalue weighted by Crippen LogP contribution is -2.34. The molecule has 0 spiro atoms. The second kappa shape index (κ2) is 3.12. The summed E-state index contributed by atoms with van der Waals surface area (Å²) in [6, 6.07) is 0. The molecule has 0 aromatic rings. The van der Waals surface area contributed by atoms with Gasteiger partial charge in [0.25, 0.3) is 6.43 Å². The first-order valence-electron chi connectivity index (χ1n) is 2.16. The molecule has 1 radical (unpaired) electrons. The van der Waals surface area contributed by atoms with Crippen LogP contribution in [-0.4, -0.2) is 18.5 Å². The van der Waals surface area contributed by atoms with Gasteiger partial charge in [-0.1, -0.05) is 0 Å². The smallest absolute Gasteiger partial charge is 0.237 e. The largest absolute Gasteiger partial charge is 0.317 e. The molecule has 1 atom stereocenters. The Kier molecular flexibility index (Phi) is 2.98. The third kappa shape index (κ3) is 2.07. The Balaban J connectivity index is 4.03. The van der Waals surface area contributed by atoms with E-state index in [1.54, 1.807) is 0 Å². The van der Waals surface area contributed by atoms with E-state index >= 15 is 0 Å². The van der Waals surface area contributed by atoms with Crippen molar-refractivity contribution in [3.63, 3.8) is 0 Å². The van der Waals surface area contributed by atoms with Crippen LogP contribution in [0.5, 0.6) is 0 Å². The average molecular weight is 165 g/mol. The van der Waals surface area contributed by atoms with Crippen molar-refractivity contribution in [1.29, 1.82) is 0 Å². The summed E-state index contributed by atoms with van der Waals surface area (Å²) in [6.45, 7) is -1.39. The fourth-order valence-corrected chi connectivity index (χ4v) is 0.228. The van der Waals surface area contributed by atoms with Crippen molar-refractivity contribution >= 4 is 0 Å². The minimum atomic E-state index is -4.69. The predicted octanol–water partition coefficient (Wildman–Crippen LogP) is 2.36. The van der Waals surface area contributed by atoms with Gasteiger partial charge in [0.2, 0.25) is 12.8 Å². The molecule has 0 saturated carbocycles. The van der Waals surface area contributed by atoms with E-state index in [1.165, 1.54) is 0 Å². The quantitative estimate of drug-likeness (QED) is 0.563. The number of alkyl halides is 5. The van der Waals surface area contributed by atoms with Gasteiger partial charge in [0, 0.05) is 0 Å². The first-order chi connectivity index (χ1) is 4.41. The zero-order valence-corrected chi connectivity index (χ0v) is 4.50. The Morgan fingerprint density at radius 1 is 1.10 bits per heavy atom. The van der Waals surface area contributed by atoms with Crippen molar-refractivity contribution in [2.45, 2.75) is 18.5 Å². The summed E-state index contributed by atoms with van der Waals surface area (Å²) in [5.74, 6) is -4.69. The van der Waals surface area contributed by atoms with Crippen molar-refractivity contribution in [2.24, 2.45) is 0 Å². The van der Waals surface area contributed by atoms with Gasteiger partial charge in [-0.3, -0.25) is 0 Å². The van der Waals surface area contributed by atoms with E-state index in [2.05, 4.69) is 0 Å². The second-order valence-corrected chi connectivity index (χ2v) is 1.52. The summed E-state index contributed by atoms with van der Waals surface area (Å²) < 4.78 is 67.6. The molecule has 1 unspecified atom stereocenters. The lowest BCUT2D eigenvalue weighted by molar-refractivity contribution is -0.117. The molecule has 0 aliphatic rings. The summed E-state index contributed by atoms with van der Waals surface area (Å²) in [7, 11) is 0. The van der Waals surface area contributed by atoms with E-state index in [4.69, 9.17) is 0 Å². The first kappa shape index (κ1) is 9.58. The van der Waals surface area contributed by atoms with E-state index in [9.17, 15) is 26.3 Å². The molecule has 0 aliphatic carbocycles. The summed E-state index contributed by atoms with van der Waals surface area (Å²) in [4.78, 5) is 0. The highest BCUT2D eigenvalue weighted by atomic mass is 19.3. The van der Waals surface area contributed by atoms with Crippen molar-refractivity contribution in [3.05, 3.63) is 6.67 Å². The molecule has 0 nitrogen and oxygen atoms in total. The van der Waals surface area contributed by atoms with Crippen LogP contribution in [0.3, 0.4) is 0 Å². The fourth-order valence-electron chi connectivity index (χ4n) is 0.228. The molecule has 0 amide bonds. The highest BCUT2D eigenvalue weighted by Crippen LogP contribution is 2.29. The van der Waals surface area contributed by atoms with Crippen LogP contribution in [-0.2, 0) is 0 Å². The molecule has 10 heavy (non-hydrogen) atoms. The highest BCUT2D eigenvalue weighted by Gasteiger charge is 2.46. The van der Waals surface area contributed by atoms with E-state index in [0.29, 0.717) is 0 Å². The van der Waals surface area contributed by atoms with Crippen LogP contribution in [0, 0.1) is 6.67 Å². The van der Waals surface area contributed by atoms with Crippen LogP contribution in [0.15, 0.2) is 0 Å². The molecule has 61 valence electrons. The van der Waals surface area contributed by atoms with Crippen molar-refractivity contribution in [1.82, 2.24) is 0 Å². The second-order valence-electron chi connectivity index (χ2n) is 1.52. The van der Waals surface area contributed by atoms with Gasteiger partial charge >= 0.3 is 5.92 Å². The Morgan fingerprint density at radius 2 is 1.50 bits per heavy atom. The third-order valence-corrected chi connectivity index (χ3v) is 0.734. The van der Waals surface area contributed by atoms with Gasteiger partial charge in [0.15, 0.2) is 0 Å².